The van der Waals surface area contributed by atoms with Crippen molar-refractivity contribution in [3.05, 3.63) is 54.6 Å². The highest BCUT2D eigenvalue weighted by molar-refractivity contribution is 7.92. The largest absolute Gasteiger partial charge is 0.495 e. The van der Waals surface area contributed by atoms with Crippen LogP contribution in [0.1, 0.15) is 0 Å². The summed E-state index contributed by atoms with van der Waals surface area (Å²) in [7, 11) is -1.86. The SMILES string of the molecule is COc1ccc(NS(C)(=O)=O)cc1Nc1c2ccccc2nc2cc3c(cc12)OCO3. The lowest BCUT2D eigenvalue weighted by atomic mass is 10.1. The minimum atomic E-state index is -3.42. The molecule has 0 atom stereocenters. The van der Waals surface area contributed by atoms with Crippen LogP contribution in [0.15, 0.2) is 54.6 Å². The van der Waals surface area contributed by atoms with Crippen molar-refractivity contribution in [3.63, 3.8) is 0 Å². The average Bonchev–Trinajstić information content (AvgIpc) is 3.18. The normalized spacial score (nSPS) is 12.8. The van der Waals surface area contributed by atoms with Crippen LogP contribution in [0.4, 0.5) is 17.1 Å². The van der Waals surface area contributed by atoms with Crippen molar-refractivity contribution in [2.45, 2.75) is 0 Å². The van der Waals surface area contributed by atoms with E-state index in [1.807, 2.05) is 36.4 Å². The monoisotopic (exact) mass is 437 g/mol. The fourth-order valence-corrected chi connectivity index (χ4v) is 4.19. The molecule has 0 aliphatic carbocycles. The van der Waals surface area contributed by atoms with Crippen LogP contribution in [0.5, 0.6) is 17.2 Å². The van der Waals surface area contributed by atoms with E-state index in [2.05, 4.69) is 10.0 Å². The van der Waals surface area contributed by atoms with Crippen molar-refractivity contribution < 1.29 is 22.6 Å². The Hall–Kier alpha value is -3.72. The highest BCUT2D eigenvalue weighted by Gasteiger charge is 2.19. The Morgan fingerprint density at radius 2 is 1.74 bits per heavy atom. The molecule has 4 aromatic rings. The first-order valence-electron chi connectivity index (χ1n) is 9.46. The fraction of sp³-hybridized carbons (Fsp3) is 0.136. The number of methoxy groups -OCH3 is 1. The van der Waals surface area contributed by atoms with Gasteiger partial charge < -0.3 is 19.5 Å². The highest BCUT2D eigenvalue weighted by Crippen LogP contribution is 2.42. The van der Waals surface area contributed by atoms with Gasteiger partial charge in [-0.15, -0.1) is 0 Å². The zero-order valence-electron chi connectivity index (χ0n) is 16.8. The lowest BCUT2D eigenvalue weighted by Crippen LogP contribution is -2.09. The molecule has 9 heteroatoms. The molecule has 31 heavy (non-hydrogen) atoms. The molecule has 0 unspecified atom stereocenters. The van der Waals surface area contributed by atoms with Crippen molar-refractivity contribution >= 4 is 48.9 Å². The number of ether oxygens (including phenoxy) is 3. The Bertz CT molecular complexity index is 1440. The van der Waals surface area contributed by atoms with Crippen LogP contribution in [0.3, 0.4) is 0 Å². The van der Waals surface area contributed by atoms with E-state index in [4.69, 9.17) is 19.2 Å². The van der Waals surface area contributed by atoms with Gasteiger partial charge in [0.15, 0.2) is 11.5 Å². The molecule has 158 valence electrons. The Kier molecular flexibility index (Phi) is 4.48. The number of sulfonamides is 1. The first-order chi connectivity index (χ1) is 14.9. The maximum Gasteiger partial charge on any atom is 0.231 e. The van der Waals surface area contributed by atoms with Gasteiger partial charge in [0, 0.05) is 16.8 Å². The zero-order valence-corrected chi connectivity index (χ0v) is 17.6. The second-order valence-electron chi connectivity index (χ2n) is 7.14. The molecule has 3 aromatic carbocycles. The molecule has 2 N–H and O–H groups in total. The summed E-state index contributed by atoms with van der Waals surface area (Å²) in [5, 5.41) is 5.17. The Morgan fingerprint density at radius 3 is 2.52 bits per heavy atom. The summed E-state index contributed by atoms with van der Waals surface area (Å²) < 4.78 is 42.4. The number of aromatic nitrogens is 1. The maximum atomic E-state index is 11.7. The summed E-state index contributed by atoms with van der Waals surface area (Å²) in [6.45, 7) is 0.168. The van der Waals surface area contributed by atoms with Gasteiger partial charge in [-0.2, -0.15) is 0 Å². The number of fused-ring (bicyclic) bond motifs is 3. The van der Waals surface area contributed by atoms with E-state index in [0.717, 1.165) is 33.7 Å². The first-order valence-corrected chi connectivity index (χ1v) is 11.4. The van der Waals surface area contributed by atoms with Crippen LogP contribution in [-0.2, 0) is 10.0 Å². The number of pyridine rings is 1. The topological polar surface area (TPSA) is 98.8 Å². The number of anilines is 3. The second kappa shape index (κ2) is 7.21. The predicted molar refractivity (Wildman–Crippen MR) is 120 cm³/mol. The molecule has 5 rings (SSSR count). The summed E-state index contributed by atoms with van der Waals surface area (Å²) in [4.78, 5) is 4.77. The molecule has 1 aliphatic rings. The summed E-state index contributed by atoms with van der Waals surface area (Å²) >= 11 is 0. The smallest absolute Gasteiger partial charge is 0.231 e. The number of hydrogen-bond donors (Lipinski definition) is 2. The van der Waals surface area contributed by atoms with E-state index in [0.29, 0.717) is 28.6 Å². The van der Waals surface area contributed by atoms with Gasteiger partial charge >= 0.3 is 0 Å². The van der Waals surface area contributed by atoms with Gasteiger partial charge in [-0.1, -0.05) is 18.2 Å². The molecule has 0 radical (unpaired) electrons. The number of rotatable bonds is 5. The van der Waals surface area contributed by atoms with Crippen LogP contribution in [0.25, 0.3) is 21.8 Å². The quantitative estimate of drug-likeness (QED) is 0.451. The van der Waals surface area contributed by atoms with E-state index < -0.39 is 10.0 Å². The van der Waals surface area contributed by atoms with Crippen molar-refractivity contribution in [2.75, 3.05) is 30.2 Å². The molecular formula is C22H19N3O5S. The number of hydrogen-bond acceptors (Lipinski definition) is 7. The molecule has 0 saturated carbocycles. The fourth-order valence-electron chi connectivity index (χ4n) is 3.63. The maximum absolute atomic E-state index is 11.7. The lowest BCUT2D eigenvalue weighted by molar-refractivity contribution is 0.174. The van der Waals surface area contributed by atoms with Gasteiger partial charge in [0.1, 0.15) is 5.75 Å². The first kappa shape index (κ1) is 19.3. The predicted octanol–water partition coefficient (Wildman–Crippen LogP) is 4.24. The standard InChI is InChI=1S/C22H19N3O5S/c1-28-19-8-7-13(25-31(2,26)27)9-18(19)24-22-14-5-3-4-6-16(14)23-17-11-21-20(10-15(17)22)29-12-30-21/h3-11,25H,12H2,1-2H3,(H,23,24). The van der Waals surface area contributed by atoms with E-state index in [1.54, 1.807) is 25.3 Å². The molecule has 0 saturated heterocycles. The lowest BCUT2D eigenvalue weighted by Gasteiger charge is -2.17. The average molecular weight is 437 g/mol. The molecule has 1 aromatic heterocycles. The number of benzene rings is 3. The Balaban J connectivity index is 1.72. The van der Waals surface area contributed by atoms with Crippen LogP contribution >= 0.6 is 0 Å². The summed E-state index contributed by atoms with van der Waals surface area (Å²) in [5.41, 5.74) is 3.38. The Morgan fingerprint density at radius 1 is 0.968 bits per heavy atom. The molecular weight excluding hydrogens is 418 g/mol. The third-order valence-corrected chi connectivity index (χ3v) is 5.54. The van der Waals surface area contributed by atoms with E-state index in [-0.39, 0.29) is 6.79 Å². The third kappa shape index (κ3) is 3.64. The zero-order chi connectivity index (χ0) is 21.6. The molecule has 8 nitrogen and oxygen atoms in total. The van der Waals surface area contributed by atoms with Crippen LogP contribution in [-0.4, -0.2) is 33.6 Å². The van der Waals surface area contributed by atoms with Crippen molar-refractivity contribution in [1.82, 2.24) is 4.98 Å². The van der Waals surface area contributed by atoms with E-state index >= 15 is 0 Å². The van der Waals surface area contributed by atoms with Gasteiger partial charge in [0.25, 0.3) is 0 Å². The highest BCUT2D eigenvalue weighted by atomic mass is 32.2. The van der Waals surface area contributed by atoms with Crippen LogP contribution in [0.2, 0.25) is 0 Å². The molecule has 1 aliphatic heterocycles. The van der Waals surface area contributed by atoms with Crippen molar-refractivity contribution in [3.8, 4) is 17.2 Å². The molecule has 2 heterocycles. The van der Waals surface area contributed by atoms with E-state index in [1.165, 1.54) is 0 Å². The summed E-state index contributed by atoms with van der Waals surface area (Å²) in [6.07, 6.45) is 1.11. The molecule has 0 spiro atoms. The van der Waals surface area contributed by atoms with Crippen molar-refractivity contribution in [2.24, 2.45) is 0 Å². The van der Waals surface area contributed by atoms with Gasteiger partial charge in [-0.3, -0.25) is 4.72 Å². The molecule has 0 fully saturated rings. The van der Waals surface area contributed by atoms with E-state index in [9.17, 15) is 8.42 Å². The number of para-hydroxylation sites is 1. The van der Waals surface area contributed by atoms with Crippen LogP contribution in [0, 0.1) is 0 Å². The second-order valence-corrected chi connectivity index (χ2v) is 8.89. The summed E-state index contributed by atoms with van der Waals surface area (Å²) in [5.74, 6) is 1.86. The Labute approximate surface area is 178 Å². The number of nitrogens with one attached hydrogen (secondary N) is 2. The number of nitrogens with zero attached hydrogens (tertiary/aromatic N) is 1. The van der Waals surface area contributed by atoms with Gasteiger partial charge in [-0.05, 0) is 30.3 Å². The van der Waals surface area contributed by atoms with Crippen molar-refractivity contribution in [1.29, 1.82) is 0 Å². The van der Waals surface area contributed by atoms with Gasteiger partial charge in [0.05, 0.1) is 41.5 Å². The molecule has 0 bridgehead atoms. The third-order valence-electron chi connectivity index (χ3n) is 4.94. The van der Waals surface area contributed by atoms with Crippen LogP contribution < -0.4 is 24.2 Å². The molecule has 0 amide bonds. The van der Waals surface area contributed by atoms with Gasteiger partial charge in [0.2, 0.25) is 16.8 Å². The summed E-state index contributed by atoms with van der Waals surface area (Å²) in [6, 6.07) is 16.6. The minimum absolute atomic E-state index is 0.168. The van der Waals surface area contributed by atoms with Gasteiger partial charge in [-0.25, -0.2) is 13.4 Å². The minimum Gasteiger partial charge on any atom is -0.495 e.